The molecule has 0 aromatic carbocycles. The fourth-order valence-electron chi connectivity index (χ4n) is 2.13. The topological polar surface area (TPSA) is 44.8 Å². The lowest BCUT2D eigenvalue weighted by molar-refractivity contribution is 0.0792. The van der Waals surface area contributed by atoms with E-state index in [1.54, 1.807) is 4.90 Å². The van der Waals surface area contributed by atoms with E-state index in [-0.39, 0.29) is 11.6 Å². The molecule has 0 atom stereocenters. The Balaban J connectivity index is 2.11. The van der Waals surface area contributed by atoms with Crippen LogP contribution < -0.4 is 5.32 Å². The highest BCUT2D eigenvalue weighted by molar-refractivity contribution is 5.67. The van der Waals surface area contributed by atoms with E-state index in [1.807, 2.05) is 6.92 Å². The number of ether oxygens (including phenoxy) is 1. The summed E-state index contributed by atoms with van der Waals surface area (Å²) < 4.78 is 5.01. The van der Waals surface area contributed by atoms with Gasteiger partial charge in [0.2, 0.25) is 0 Å². The highest BCUT2D eigenvalue weighted by Crippen LogP contribution is 2.05. The van der Waals surface area contributed by atoms with Gasteiger partial charge in [0.1, 0.15) is 0 Å². The predicted molar refractivity (Wildman–Crippen MR) is 77.4 cm³/mol. The van der Waals surface area contributed by atoms with Crippen LogP contribution >= 0.6 is 0 Å². The Morgan fingerprint density at radius 3 is 2.37 bits per heavy atom. The van der Waals surface area contributed by atoms with E-state index in [0.717, 1.165) is 45.7 Å². The average molecular weight is 271 g/mol. The van der Waals surface area contributed by atoms with Gasteiger partial charge in [-0.05, 0) is 47.2 Å². The molecule has 0 aliphatic carbocycles. The Bertz CT molecular complexity index is 268. The zero-order chi connectivity index (χ0) is 14.3. The molecule has 0 unspecified atom stereocenters. The van der Waals surface area contributed by atoms with Gasteiger partial charge >= 0.3 is 6.09 Å². The minimum absolute atomic E-state index is 0.170. The van der Waals surface area contributed by atoms with Crippen LogP contribution in [0.2, 0.25) is 0 Å². The molecule has 5 heteroatoms. The van der Waals surface area contributed by atoms with Crippen molar-refractivity contribution in [2.75, 3.05) is 45.9 Å². The Morgan fingerprint density at radius 2 is 1.84 bits per heavy atom. The van der Waals surface area contributed by atoms with E-state index in [9.17, 15) is 4.79 Å². The maximum absolute atomic E-state index is 11.6. The van der Waals surface area contributed by atoms with Crippen LogP contribution in [-0.4, -0.2) is 67.3 Å². The van der Waals surface area contributed by atoms with Crippen molar-refractivity contribution in [2.24, 2.45) is 0 Å². The van der Waals surface area contributed by atoms with Crippen LogP contribution in [0.15, 0.2) is 0 Å². The third-order valence-electron chi connectivity index (χ3n) is 3.20. The maximum Gasteiger partial charge on any atom is 0.409 e. The Labute approximate surface area is 117 Å². The van der Waals surface area contributed by atoms with Crippen LogP contribution in [0.5, 0.6) is 0 Å². The van der Waals surface area contributed by atoms with Crippen molar-refractivity contribution in [3.63, 3.8) is 0 Å². The van der Waals surface area contributed by atoms with Crippen molar-refractivity contribution in [3.05, 3.63) is 0 Å². The van der Waals surface area contributed by atoms with Gasteiger partial charge in [0, 0.05) is 31.7 Å². The molecule has 19 heavy (non-hydrogen) atoms. The van der Waals surface area contributed by atoms with Crippen LogP contribution in [0.4, 0.5) is 4.79 Å². The molecule has 0 radical (unpaired) electrons. The van der Waals surface area contributed by atoms with Gasteiger partial charge in [-0.3, -0.25) is 4.90 Å². The van der Waals surface area contributed by atoms with Crippen LogP contribution in [0.1, 0.15) is 34.1 Å². The van der Waals surface area contributed by atoms with Gasteiger partial charge in [0.25, 0.3) is 0 Å². The van der Waals surface area contributed by atoms with Crippen molar-refractivity contribution in [1.82, 2.24) is 15.1 Å². The summed E-state index contributed by atoms with van der Waals surface area (Å²) in [5.74, 6) is 0. The molecule has 1 heterocycles. The predicted octanol–water partition coefficient (Wildman–Crippen LogP) is 1.54. The molecular weight excluding hydrogens is 242 g/mol. The van der Waals surface area contributed by atoms with Gasteiger partial charge in [0.05, 0.1) is 6.61 Å². The van der Waals surface area contributed by atoms with Crippen LogP contribution in [-0.2, 0) is 4.74 Å². The lowest BCUT2D eigenvalue weighted by Crippen LogP contribution is -2.49. The molecule has 112 valence electrons. The molecule has 1 N–H and O–H groups in total. The number of amides is 1. The molecule has 0 spiro atoms. The first-order valence-electron chi connectivity index (χ1n) is 7.31. The van der Waals surface area contributed by atoms with Crippen LogP contribution in [0.3, 0.4) is 0 Å². The van der Waals surface area contributed by atoms with E-state index >= 15 is 0 Å². The SMILES string of the molecule is CCOC(=O)N1CCN(CCCNC(C)(C)C)CC1. The highest BCUT2D eigenvalue weighted by Gasteiger charge is 2.21. The second-order valence-corrected chi connectivity index (χ2v) is 6.06. The van der Waals surface area contributed by atoms with Crippen molar-refractivity contribution in [2.45, 2.75) is 39.7 Å². The van der Waals surface area contributed by atoms with E-state index < -0.39 is 0 Å². The summed E-state index contributed by atoms with van der Waals surface area (Å²) in [7, 11) is 0. The number of carbonyl (C=O) groups excluding carboxylic acids is 1. The highest BCUT2D eigenvalue weighted by atomic mass is 16.6. The normalized spacial score (nSPS) is 17.6. The molecular formula is C14H29N3O2. The van der Waals surface area contributed by atoms with Crippen LogP contribution in [0.25, 0.3) is 0 Å². The lowest BCUT2D eigenvalue weighted by atomic mass is 10.1. The summed E-state index contributed by atoms with van der Waals surface area (Å²) in [6.07, 6.45) is 0.980. The average Bonchev–Trinajstić information content (AvgIpc) is 2.34. The van der Waals surface area contributed by atoms with Crippen molar-refractivity contribution in [3.8, 4) is 0 Å². The molecule has 1 saturated heterocycles. The van der Waals surface area contributed by atoms with Crippen molar-refractivity contribution in [1.29, 1.82) is 0 Å². The number of hydrogen-bond acceptors (Lipinski definition) is 4. The molecule has 5 nitrogen and oxygen atoms in total. The lowest BCUT2D eigenvalue weighted by Gasteiger charge is -2.34. The van der Waals surface area contributed by atoms with Gasteiger partial charge in [0.15, 0.2) is 0 Å². The molecule has 0 bridgehead atoms. The molecule has 0 aromatic heterocycles. The van der Waals surface area contributed by atoms with Gasteiger partial charge in [-0.15, -0.1) is 0 Å². The molecule has 1 fully saturated rings. The Morgan fingerprint density at radius 1 is 1.21 bits per heavy atom. The molecule has 1 rings (SSSR count). The van der Waals surface area contributed by atoms with Gasteiger partial charge in [-0.2, -0.15) is 0 Å². The minimum Gasteiger partial charge on any atom is -0.450 e. The summed E-state index contributed by atoms with van der Waals surface area (Å²) in [6.45, 7) is 14.5. The molecule has 0 aromatic rings. The minimum atomic E-state index is -0.170. The summed E-state index contributed by atoms with van der Waals surface area (Å²) >= 11 is 0. The summed E-state index contributed by atoms with van der Waals surface area (Å²) in [5.41, 5.74) is 0.197. The molecule has 1 aliphatic rings. The number of nitrogens with one attached hydrogen (secondary N) is 1. The standard InChI is InChI=1S/C14H29N3O2/c1-5-19-13(18)17-11-9-16(10-12-17)8-6-7-15-14(2,3)4/h15H,5-12H2,1-4H3. The smallest absolute Gasteiger partial charge is 0.409 e. The summed E-state index contributed by atoms with van der Waals surface area (Å²) in [5, 5.41) is 3.49. The fraction of sp³-hybridized carbons (Fsp3) is 0.929. The van der Waals surface area contributed by atoms with Crippen molar-refractivity contribution < 1.29 is 9.53 Å². The van der Waals surface area contributed by atoms with Crippen LogP contribution in [0, 0.1) is 0 Å². The summed E-state index contributed by atoms with van der Waals surface area (Å²) in [4.78, 5) is 15.8. The van der Waals surface area contributed by atoms with E-state index in [1.165, 1.54) is 0 Å². The third kappa shape index (κ3) is 6.78. The Kier molecular flexibility index (Phi) is 6.58. The van der Waals surface area contributed by atoms with E-state index in [0.29, 0.717) is 6.61 Å². The fourth-order valence-corrected chi connectivity index (χ4v) is 2.13. The largest absolute Gasteiger partial charge is 0.450 e. The monoisotopic (exact) mass is 271 g/mol. The summed E-state index contributed by atoms with van der Waals surface area (Å²) in [6, 6.07) is 0. The first-order valence-corrected chi connectivity index (χ1v) is 7.31. The first kappa shape index (κ1) is 16.2. The first-order chi connectivity index (χ1) is 8.92. The zero-order valence-electron chi connectivity index (χ0n) is 12.9. The number of rotatable bonds is 5. The van der Waals surface area contributed by atoms with Crippen molar-refractivity contribution >= 4 is 6.09 Å². The number of carbonyl (C=O) groups is 1. The second-order valence-electron chi connectivity index (χ2n) is 6.06. The third-order valence-corrected chi connectivity index (χ3v) is 3.20. The number of nitrogens with zero attached hydrogens (tertiary/aromatic N) is 2. The number of piperazine rings is 1. The number of hydrogen-bond donors (Lipinski definition) is 1. The van der Waals surface area contributed by atoms with E-state index in [2.05, 4.69) is 31.0 Å². The van der Waals surface area contributed by atoms with Gasteiger partial charge < -0.3 is 15.0 Å². The quantitative estimate of drug-likeness (QED) is 0.770. The van der Waals surface area contributed by atoms with E-state index in [4.69, 9.17) is 4.74 Å². The molecule has 1 aliphatic heterocycles. The second kappa shape index (κ2) is 7.70. The maximum atomic E-state index is 11.6. The molecule has 0 saturated carbocycles. The zero-order valence-corrected chi connectivity index (χ0v) is 12.9. The van der Waals surface area contributed by atoms with Gasteiger partial charge in [-0.25, -0.2) is 4.79 Å². The Hall–Kier alpha value is -0.810. The van der Waals surface area contributed by atoms with Gasteiger partial charge in [-0.1, -0.05) is 0 Å². The molecule has 1 amide bonds.